The van der Waals surface area contributed by atoms with Crippen LogP contribution in [0, 0.1) is 5.92 Å². The van der Waals surface area contributed by atoms with Gasteiger partial charge in [-0.15, -0.1) is 0 Å². The Labute approximate surface area is 110 Å². The summed E-state index contributed by atoms with van der Waals surface area (Å²) in [7, 11) is 2.05. The van der Waals surface area contributed by atoms with Crippen molar-refractivity contribution in [1.82, 2.24) is 4.90 Å². The lowest BCUT2D eigenvalue weighted by molar-refractivity contribution is -0.122. The third-order valence-corrected chi connectivity index (χ3v) is 3.47. The van der Waals surface area contributed by atoms with E-state index in [1.54, 1.807) is 6.92 Å². The molecule has 106 valence electrons. The number of nitrogens with zero attached hydrogens (tertiary/aromatic N) is 1. The molecule has 4 N–H and O–H groups in total. The second-order valence-electron chi connectivity index (χ2n) is 5.71. The highest BCUT2D eigenvalue weighted by Gasteiger charge is 2.24. The van der Waals surface area contributed by atoms with E-state index in [0.717, 1.165) is 38.6 Å². The molecule has 1 fully saturated rings. The van der Waals surface area contributed by atoms with Crippen molar-refractivity contribution >= 4 is 5.91 Å². The number of likely N-dealkylation sites (N-methyl/N-ethyl adjacent to an activating group) is 1. The number of primary amides is 1. The van der Waals surface area contributed by atoms with Crippen molar-refractivity contribution in [2.24, 2.45) is 17.4 Å². The van der Waals surface area contributed by atoms with E-state index >= 15 is 0 Å². The molecule has 0 heterocycles. The number of hydrogen-bond acceptors (Lipinski definition) is 4. The lowest BCUT2D eigenvalue weighted by Gasteiger charge is -2.22. The Morgan fingerprint density at radius 1 is 1.44 bits per heavy atom. The molecule has 1 rings (SSSR count). The van der Waals surface area contributed by atoms with Crippen molar-refractivity contribution in [1.29, 1.82) is 0 Å². The second-order valence-corrected chi connectivity index (χ2v) is 5.71. The molecule has 0 saturated heterocycles. The van der Waals surface area contributed by atoms with Gasteiger partial charge >= 0.3 is 0 Å². The van der Waals surface area contributed by atoms with Crippen LogP contribution in [0.25, 0.3) is 0 Å². The Balaban J connectivity index is 1.98. The Bertz CT molecular complexity index is 265. The van der Waals surface area contributed by atoms with E-state index in [1.165, 1.54) is 12.8 Å². The summed E-state index contributed by atoms with van der Waals surface area (Å²) < 4.78 is 5.57. The molecule has 0 aromatic heterocycles. The van der Waals surface area contributed by atoms with Crippen molar-refractivity contribution in [3.63, 3.8) is 0 Å². The first kappa shape index (κ1) is 15.4. The number of carbonyl (C=O) groups is 1. The highest BCUT2D eigenvalue weighted by atomic mass is 16.5. The fraction of sp³-hybridized carbons (Fsp3) is 0.923. The minimum Gasteiger partial charge on any atom is -0.380 e. The summed E-state index contributed by atoms with van der Waals surface area (Å²) >= 11 is 0. The number of rotatable bonds is 10. The van der Waals surface area contributed by atoms with E-state index in [0.29, 0.717) is 6.42 Å². The Hall–Kier alpha value is -0.650. The molecule has 0 aliphatic heterocycles. The van der Waals surface area contributed by atoms with Crippen molar-refractivity contribution in [3.05, 3.63) is 0 Å². The molecule has 18 heavy (non-hydrogen) atoms. The van der Waals surface area contributed by atoms with Crippen molar-refractivity contribution in [2.75, 3.05) is 33.4 Å². The maximum Gasteiger partial charge on any atom is 0.237 e. The monoisotopic (exact) mass is 257 g/mol. The molecule has 1 aliphatic carbocycles. The molecule has 5 nitrogen and oxygen atoms in total. The lowest BCUT2D eigenvalue weighted by Crippen LogP contribution is -2.49. The summed E-state index contributed by atoms with van der Waals surface area (Å²) in [6.45, 7) is 5.21. The van der Waals surface area contributed by atoms with E-state index < -0.39 is 11.4 Å². The quantitative estimate of drug-likeness (QED) is 0.553. The minimum absolute atomic E-state index is 0.432. The summed E-state index contributed by atoms with van der Waals surface area (Å²) in [5, 5.41) is 0. The molecule has 0 aromatic carbocycles. The molecule has 0 aromatic rings. The zero-order valence-corrected chi connectivity index (χ0v) is 11.7. The summed E-state index contributed by atoms with van der Waals surface area (Å²) in [5.74, 6) is 0.391. The highest BCUT2D eigenvalue weighted by molar-refractivity contribution is 5.83. The van der Waals surface area contributed by atoms with Crippen LogP contribution in [0.2, 0.25) is 0 Å². The van der Waals surface area contributed by atoms with Crippen LogP contribution >= 0.6 is 0 Å². The second kappa shape index (κ2) is 7.07. The van der Waals surface area contributed by atoms with Gasteiger partial charge in [0, 0.05) is 13.2 Å². The van der Waals surface area contributed by atoms with Crippen LogP contribution in [-0.2, 0) is 9.53 Å². The topological polar surface area (TPSA) is 81.6 Å². The molecular formula is C13H27N3O2. The predicted molar refractivity (Wildman–Crippen MR) is 72.1 cm³/mol. The lowest BCUT2D eigenvalue weighted by atomic mass is 9.96. The molecule has 0 bridgehead atoms. The van der Waals surface area contributed by atoms with Gasteiger partial charge in [0.25, 0.3) is 0 Å². The maximum absolute atomic E-state index is 11.0. The molecule has 1 amide bonds. The molecule has 1 saturated carbocycles. The fourth-order valence-corrected chi connectivity index (χ4v) is 1.71. The highest BCUT2D eigenvalue weighted by Crippen LogP contribution is 2.28. The number of hydrogen-bond donors (Lipinski definition) is 2. The van der Waals surface area contributed by atoms with Crippen LogP contribution in [0.15, 0.2) is 0 Å². The average Bonchev–Trinajstić information content (AvgIpc) is 3.08. The van der Waals surface area contributed by atoms with Crippen LogP contribution in [0.1, 0.15) is 32.6 Å². The molecule has 1 aliphatic rings. The Morgan fingerprint density at radius 3 is 2.67 bits per heavy atom. The summed E-state index contributed by atoms with van der Waals surface area (Å²) in [6, 6.07) is 0. The van der Waals surface area contributed by atoms with Gasteiger partial charge in [-0.2, -0.15) is 0 Å². The first-order valence-corrected chi connectivity index (χ1v) is 6.77. The van der Waals surface area contributed by atoms with Crippen LogP contribution in [-0.4, -0.2) is 49.7 Å². The van der Waals surface area contributed by atoms with Gasteiger partial charge in [-0.3, -0.25) is 4.79 Å². The van der Waals surface area contributed by atoms with E-state index in [-0.39, 0.29) is 0 Å². The van der Waals surface area contributed by atoms with E-state index in [4.69, 9.17) is 16.2 Å². The standard InChI is InChI=1S/C13H27N3O2/c1-13(15,12(14)17)6-3-7-16(2)8-9-18-10-11-4-5-11/h11H,3-10,15H2,1-2H3,(H2,14,17). The van der Waals surface area contributed by atoms with Gasteiger partial charge in [0.15, 0.2) is 0 Å². The van der Waals surface area contributed by atoms with Crippen LogP contribution in [0.3, 0.4) is 0 Å². The molecule has 0 spiro atoms. The molecular weight excluding hydrogens is 230 g/mol. The normalized spacial score (nSPS) is 18.9. The zero-order chi connectivity index (χ0) is 13.6. The molecule has 0 radical (unpaired) electrons. The summed E-state index contributed by atoms with van der Waals surface area (Å²) in [4.78, 5) is 13.2. The molecule has 5 heteroatoms. The first-order chi connectivity index (χ1) is 8.42. The van der Waals surface area contributed by atoms with Crippen molar-refractivity contribution in [3.8, 4) is 0 Å². The van der Waals surface area contributed by atoms with Crippen LogP contribution in [0.4, 0.5) is 0 Å². The number of nitrogens with two attached hydrogens (primary N) is 2. The SMILES string of the molecule is CN(CCCC(C)(N)C(N)=O)CCOCC1CC1. The van der Waals surface area contributed by atoms with Crippen LogP contribution in [0.5, 0.6) is 0 Å². The fourth-order valence-electron chi connectivity index (χ4n) is 1.71. The van der Waals surface area contributed by atoms with Crippen molar-refractivity contribution in [2.45, 2.75) is 38.1 Å². The van der Waals surface area contributed by atoms with Gasteiger partial charge in [-0.25, -0.2) is 0 Å². The third-order valence-electron chi connectivity index (χ3n) is 3.47. The van der Waals surface area contributed by atoms with E-state index in [2.05, 4.69) is 11.9 Å². The number of carbonyl (C=O) groups excluding carboxylic acids is 1. The Morgan fingerprint density at radius 2 is 2.11 bits per heavy atom. The van der Waals surface area contributed by atoms with Gasteiger partial charge in [-0.05, 0) is 52.1 Å². The van der Waals surface area contributed by atoms with Gasteiger partial charge < -0.3 is 21.1 Å². The molecule has 1 atom stereocenters. The van der Waals surface area contributed by atoms with E-state index in [1.807, 2.05) is 0 Å². The van der Waals surface area contributed by atoms with Gasteiger partial charge in [0.1, 0.15) is 0 Å². The van der Waals surface area contributed by atoms with Crippen LogP contribution < -0.4 is 11.5 Å². The Kier molecular flexibility index (Phi) is 6.05. The van der Waals surface area contributed by atoms with E-state index in [9.17, 15) is 4.79 Å². The third kappa shape index (κ3) is 6.33. The molecule has 1 unspecified atom stereocenters. The summed E-state index contributed by atoms with van der Waals surface area (Å²) in [6.07, 6.45) is 4.15. The first-order valence-electron chi connectivity index (χ1n) is 6.77. The zero-order valence-electron chi connectivity index (χ0n) is 11.7. The van der Waals surface area contributed by atoms with Gasteiger partial charge in [-0.1, -0.05) is 0 Å². The largest absolute Gasteiger partial charge is 0.380 e. The predicted octanol–water partition coefficient (Wildman–Crippen LogP) is 0.328. The van der Waals surface area contributed by atoms with Gasteiger partial charge in [0.2, 0.25) is 5.91 Å². The van der Waals surface area contributed by atoms with Gasteiger partial charge in [0.05, 0.1) is 12.1 Å². The summed E-state index contributed by atoms with van der Waals surface area (Å²) in [5.41, 5.74) is 10.1. The number of ether oxygens (including phenoxy) is 1. The minimum atomic E-state index is -0.886. The smallest absolute Gasteiger partial charge is 0.237 e. The van der Waals surface area contributed by atoms with Crippen molar-refractivity contribution < 1.29 is 9.53 Å². The number of amides is 1. The maximum atomic E-state index is 11.0. The average molecular weight is 257 g/mol.